The van der Waals surface area contributed by atoms with Crippen molar-refractivity contribution in [3.05, 3.63) is 71.2 Å². The quantitative estimate of drug-likeness (QED) is 0.377. The molecule has 1 aliphatic carbocycles. The Kier molecular flexibility index (Phi) is 4.95. The molecule has 1 aliphatic heterocycles. The second-order valence-corrected chi connectivity index (χ2v) is 7.76. The molecule has 0 radical (unpaired) electrons. The lowest BCUT2D eigenvalue weighted by atomic mass is 9.90. The van der Waals surface area contributed by atoms with E-state index in [0.29, 0.717) is 22.6 Å². The molecule has 0 atom stereocenters. The molecule has 2 aliphatic rings. The number of ketones is 2. The predicted molar refractivity (Wildman–Crippen MR) is 110 cm³/mol. The zero-order chi connectivity index (χ0) is 21.4. The van der Waals surface area contributed by atoms with Gasteiger partial charge in [-0.25, -0.2) is 10.2 Å². The van der Waals surface area contributed by atoms with E-state index in [1.165, 1.54) is 4.68 Å². The highest BCUT2D eigenvalue weighted by Crippen LogP contribution is 2.25. The summed E-state index contributed by atoms with van der Waals surface area (Å²) in [6.45, 7) is 4.86. The lowest BCUT2D eigenvalue weighted by Gasteiger charge is -2.35. The zero-order valence-electron chi connectivity index (χ0n) is 17.0. The van der Waals surface area contributed by atoms with Crippen LogP contribution in [0.5, 0.6) is 0 Å². The van der Waals surface area contributed by atoms with Crippen LogP contribution in [0, 0.1) is 0 Å². The number of benzene rings is 1. The molecule has 31 heavy (non-hydrogen) atoms. The third-order valence-electron chi connectivity index (χ3n) is 5.92. The molecule has 3 heterocycles. The minimum Gasteiger partial charge on any atom is -0.354 e. The Morgan fingerprint density at radius 3 is 2.32 bits per heavy atom. The smallest absolute Gasteiger partial charge is 0.230 e. The van der Waals surface area contributed by atoms with E-state index in [1.54, 1.807) is 24.3 Å². The first-order valence-electron chi connectivity index (χ1n) is 10.4. The molecule has 1 saturated heterocycles. The van der Waals surface area contributed by atoms with Crippen molar-refractivity contribution in [1.29, 1.82) is 0 Å². The highest BCUT2D eigenvalue weighted by Gasteiger charge is 2.40. The van der Waals surface area contributed by atoms with Crippen LogP contribution in [-0.4, -0.2) is 69.2 Å². The van der Waals surface area contributed by atoms with E-state index in [0.717, 1.165) is 45.0 Å². The molecule has 0 bridgehead atoms. The lowest BCUT2D eigenvalue weighted by molar-refractivity contribution is -1.00. The number of anilines is 1. The third-order valence-corrected chi connectivity index (χ3v) is 5.92. The number of hydrogen-bond donors (Lipinski definition) is 1. The number of pyridine rings is 1. The fourth-order valence-corrected chi connectivity index (χ4v) is 4.30. The second kappa shape index (κ2) is 7.92. The van der Waals surface area contributed by atoms with Gasteiger partial charge in [-0.05, 0) is 18.6 Å². The second-order valence-electron chi connectivity index (χ2n) is 7.76. The number of fused-ring (bicyclic) bond motifs is 2. The van der Waals surface area contributed by atoms with Gasteiger partial charge in [-0.2, -0.15) is 0 Å². The Labute approximate surface area is 179 Å². The molecule has 158 valence electrons. The minimum atomic E-state index is -0.336. The largest absolute Gasteiger partial charge is 0.354 e. The van der Waals surface area contributed by atoms with Gasteiger partial charge in [0.1, 0.15) is 5.82 Å². The Bertz CT molecular complexity index is 1140. The highest BCUT2D eigenvalue weighted by molar-refractivity contribution is 6.26. The van der Waals surface area contributed by atoms with Gasteiger partial charge in [0.15, 0.2) is 5.69 Å². The normalized spacial score (nSPS) is 16.3. The summed E-state index contributed by atoms with van der Waals surface area (Å²) >= 11 is 0. The van der Waals surface area contributed by atoms with Crippen LogP contribution in [0.1, 0.15) is 38.5 Å². The van der Waals surface area contributed by atoms with Crippen LogP contribution in [0.4, 0.5) is 5.82 Å². The molecule has 0 amide bonds. The third kappa shape index (κ3) is 3.46. The first-order valence-corrected chi connectivity index (χ1v) is 10.4. The molecular formula is C22H23N6O3+. The number of nitrogens with zero attached hydrogens (tertiary/aromatic N) is 6. The summed E-state index contributed by atoms with van der Waals surface area (Å²) in [5, 5.41) is 14.2. The fraction of sp³-hybridized carbons (Fsp3) is 0.318. The van der Waals surface area contributed by atoms with E-state index < -0.39 is 0 Å². The highest BCUT2D eigenvalue weighted by atomic mass is 16.5. The van der Waals surface area contributed by atoms with Crippen LogP contribution in [0.3, 0.4) is 0 Å². The predicted octanol–water partition coefficient (Wildman–Crippen LogP) is 0.791. The molecule has 9 heteroatoms. The van der Waals surface area contributed by atoms with Gasteiger partial charge in [-0.1, -0.05) is 35.0 Å². The number of carbonyl (C=O) groups is 2. The average molecular weight is 419 g/mol. The fourth-order valence-electron chi connectivity index (χ4n) is 4.30. The Hall–Kier alpha value is -3.59. The maximum Gasteiger partial charge on any atom is 0.230 e. The van der Waals surface area contributed by atoms with Crippen molar-refractivity contribution >= 4 is 17.4 Å². The maximum absolute atomic E-state index is 13.0. The number of carbonyl (C=O) groups excluding carboxylic acids is 2. The van der Waals surface area contributed by atoms with Gasteiger partial charge in [-0.15, -0.1) is 0 Å². The van der Waals surface area contributed by atoms with Crippen molar-refractivity contribution in [3.8, 4) is 0 Å². The van der Waals surface area contributed by atoms with Crippen LogP contribution in [0.2, 0.25) is 0 Å². The van der Waals surface area contributed by atoms with Gasteiger partial charge in [0, 0.05) is 50.0 Å². The number of piperazine rings is 1. The number of hydrogen-bond acceptors (Lipinski definition) is 7. The summed E-state index contributed by atoms with van der Waals surface area (Å²) in [4.78, 5) is 35.3. The van der Waals surface area contributed by atoms with E-state index in [4.69, 9.17) is 0 Å². The van der Waals surface area contributed by atoms with Crippen LogP contribution in [0.25, 0.3) is 0 Å². The van der Waals surface area contributed by atoms with E-state index in [9.17, 15) is 14.8 Å². The summed E-state index contributed by atoms with van der Waals surface area (Å²) in [6.07, 6.45) is 2.53. The molecule has 1 fully saturated rings. The van der Waals surface area contributed by atoms with Gasteiger partial charge in [0.2, 0.25) is 22.2 Å². The molecule has 1 N–H and O–H groups in total. The van der Waals surface area contributed by atoms with Gasteiger partial charge in [-0.3, -0.25) is 14.5 Å². The molecule has 1 aromatic carbocycles. The molecule has 3 aromatic rings. The summed E-state index contributed by atoms with van der Waals surface area (Å²) in [5.74, 6) is 0.379. The maximum atomic E-state index is 13.0. The SMILES string of the molecule is O=C1c2ccccc2C(=O)c2c1n[n+](O)n2CCCN1CCN(c2ccccn2)CC1. The van der Waals surface area contributed by atoms with E-state index in [-0.39, 0.29) is 23.0 Å². The van der Waals surface area contributed by atoms with Crippen LogP contribution in [-0.2, 0) is 6.54 Å². The van der Waals surface area contributed by atoms with Crippen molar-refractivity contribution < 1.29 is 19.8 Å². The van der Waals surface area contributed by atoms with E-state index in [2.05, 4.69) is 19.9 Å². The van der Waals surface area contributed by atoms with Crippen LogP contribution >= 0.6 is 0 Å². The number of rotatable bonds is 5. The van der Waals surface area contributed by atoms with Crippen molar-refractivity contribution in [2.24, 2.45) is 0 Å². The van der Waals surface area contributed by atoms with Gasteiger partial charge in [0.25, 0.3) is 0 Å². The first kappa shape index (κ1) is 19.4. The molecule has 0 spiro atoms. The molecule has 0 saturated carbocycles. The summed E-state index contributed by atoms with van der Waals surface area (Å²) in [6, 6.07) is 12.6. The topological polar surface area (TPSA) is 95.4 Å². The molecule has 0 unspecified atom stereocenters. The van der Waals surface area contributed by atoms with E-state index in [1.807, 2.05) is 24.4 Å². The van der Waals surface area contributed by atoms with Gasteiger partial charge in [0.05, 0.1) is 11.6 Å². The van der Waals surface area contributed by atoms with Crippen molar-refractivity contribution in [2.45, 2.75) is 13.0 Å². The molecular weight excluding hydrogens is 396 g/mol. The average Bonchev–Trinajstić information content (AvgIpc) is 3.15. The Morgan fingerprint density at radius 1 is 0.903 bits per heavy atom. The van der Waals surface area contributed by atoms with Crippen LogP contribution < -0.4 is 9.86 Å². The summed E-state index contributed by atoms with van der Waals surface area (Å²) < 4.78 is 1.40. The van der Waals surface area contributed by atoms with Gasteiger partial charge >= 0.3 is 0 Å². The standard InChI is InChI=1S/C22H23N6O3/c29-21-16-6-1-2-7-17(16)22(30)20-19(21)24-28(31)27(20)11-5-10-25-12-14-26(15-13-25)18-8-3-4-9-23-18/h1-4,6-9H,5,10-15H2,(H,24,31)/q+1. The number of aromatic nitrogens is 4. The lowest BCUT2D eigenvalue weighted by Crippen LogP contribution is -2.48. The van der Waals surface area contributed by atoms with Crippen molar-refractivity contribution in [3.63, 3.8) is 0 Å². The zero-order valence-corrected chi connectivity index (χ0v) is 17.0. The van der Waals surface area contributed by atoms with Crippen molar-refractivity contribution in [2.75, 3.05) is 37.6 Å². The van der Waals surface area contributed by atoms with Crippen molar-refractivity contribution in [1.82, 2.24) is 19.7 Å². The van der Waals surface area contributed by atoms with E-state index >= 15 is 0 Å². The molecule has 5 rings (SSSR count). The Morgan fingerprint density at radius 2 is 1.61 bits per heavy atom. The summed E-state index contributed by atoms with van der Waals surface area (Å²) in [7, 11) is 0. The van der Waals surface area contributed by atoms with Gasteiger partial charge < -0.3 is 4.90 Å². The monoisotopic (exact) mass is 419 g/mol. The molecule has 9 nitrogen and oxygen atoms in total. The van der Waals surface area contributed by atoms with Crippen LogP contribution in [0.15, 0.2) is 48.7 Å². The summed E-state index contributed by atoms with van der Waals surface area (Å²) in [5.41, 5.74) is 0.852. The minimum absolute atomic E-state index is 0.00942. The molecule has 2 aromatic heterocycles. The first-order chi connectivity index (χ1) is 15.1. The Balaban J connectivity index is 1.23.